The van der Waals surface area contributed by atoms with E-state index in [-0.39, 0.29) is 0 Å². The van der Waals surface area contributed by atoms with Crippen LogP contribution in [0.15, 0.2) is 42.5 Å². The van der Waals surface area contributed by atoms with Crippen LogP contribution < -0.4 is 9.47 Å². The van der Waals surface area contributed by atoms with Crippen molar-refractivity contribution in [1.29, 1.82) is 0 Å². The molecule has 2 aromatic rings. The maximum Gasteiger partial charge on any atom is 0.414 e. The van der Waals surface area contributed by atoms with Crippen molar-refractivity contribution >= 4 is 11.9 Å². The van der Waals surface area contributed by atoms with Crippen molar-refractivity contribution in [3.63, 3.8) is 0 Å². The summed E-state index contributed by atoms with van der Waals surface area (Å²) in [7, 11) is 3.42. The summed E-state index contributed by atoms with van der Waals surface area (Å²) in [6, 6.07) is 14.7. The summed E-state index contributed by atoms with van der Waals surface area (Å²) < 4.78 is 10.8. The van der Waals surface area contributed by atoms with Gasteiger partial charge in [-0.2, -0.15) is 0 Å². The van der Waals surface area contributed by atoms with E-state index in [1.54, 1.807) is 14.2 Å². The van der Waals surface area contributed by atoms with Gasteiger partial charge in [-0.3, -0.25) is 4.90 Å². The predicted molar refractivity (Wildman–Crippen MR) is 99.1 cm³/mol. The highest BCUT2D eigenvalue weighted by molar-refractivity contribution is 6.27. The minimum Gasteiger partial charge on any atom is -0.497 e. The van der Waals surface area contributed by atoms with Gasteiger partial charge in [0.2, 0.25) is 0 Å². The second-order valence-electron chi connectivity index (χ2n) is 6.02. The molecule has 0 spiro atoms. The summed E-state index contributed by atoms with van der Waals surface area (Å²) in [5.74, 6) is -1.84. The Hall–Kier alpha value is -3.06. The van der Waals surface area contributed by atoms with Crippen LogP contribution in [0.2, 0.25) is 0 Å². The van der Waals surface area contributed by atoms with E-state index < -0.39 is 11.9 Å². The average molecular weight is 373 g/mol. The zero-order chi connectivity index (χ0) is 19.8. The van der Waals surface area contributed by atoms with Crippen LogP contribution in [0, 0.1) is 0 Å². The minimum atomic E-state index is -1.82. The van der Waals surface area contributed by atoms with Crippen molar-refractivity contribution in [2.45, 2.75) is 19.5 Å². The molecule has 2 N–H and O–H groups in total. The number of benzene rings is 2. The van der Waals surface area contributed by atoms with Crippen LogP contribution in [0.4, 0.5) is 0 Å². The van der Waals surface area contributed by atoms with Gasteiger partial charge in [-0.1, -0.05) is 24.3 Å². The van der Waals surface area contributed by atoms with Crippen molar-refractivity contribution in [2.75, 3.05) is 20.8 Å². The molecule has 2 aromatic carbocycles. The summed E-state index contributed by atoms with van der Waals surface area (Å²) in [6.45, 7) is 2.96. The number of fused-ring (bicyclic) bond motifs is 1. The lowest BCUT2D eigenvalue weighted by atomic mass is 9.99. The largest absolute Gasteiger partial charge is 0.497 e. The summed E-state index contributed by atoms with van der Waals surface area (Å²) in [6.07, 6.45) is 1.11. The van der Waals surface area contributed by atoms with E-state index in [4.69, 9.17) is 29.3 Å². The first-order chi connectivity index (χ1) is 12.9. The molecule has 7 heteroatoms. The molecule has 0 atom stereocenters. The van der Waals surface area contributed by atoms with E-state index in [2.05, 4.69) is 35.2 Å². The fourth-order valence-electron chi connectivity index (χ4n) is 2.94. The van der Waals surface area contributed by atoms with Gasteiger partial charge in [0, 0.05) is 25.2 Å². The molecular formula is C20H23NO6. The Kier molecular flexibility index (Phi) is 7.19. The highest BCUT2D eigenvalue weighted by Crippen LogP contribution is 2.27. The first kappa shape index (κ1) is 20.3. The maximum atomic E-state index is 9.10. The molecule has 0 saturated carbocycles. The quantitative estimate of drug-likeness (QED) is 0.795. The minimum absolute atomic E-state index is 0.878. The third kappa shape index (κ3) is 5.72. The Morgan fingerprint density at radius 3 is 2.26 bits per heavy atom. The molecule has 0 bridgehead atoms. The van der Waals surface area contributed by atoms with Crippen molar-refractivity contribution in [2.24, 2.45) is 0 Å². The lowest BCUT2D eigenvalue weighted by Gasteiger charge is -2.29. The normalized spacial score (nSPS) is 13.0. The zero-order valence-corrected chi connectivity index (χ0v) is 15.3. The average Bonchev–Trinajstić information content (AvgIpc) is 2.68. The first-order valence-corrected chi connectivity index (χ1v) is 8.40. The van der Waals surface area contributed by atoms with Crippen LogP contribution in [0.25, 0.3) is 0 Å². The summed E-state index contributed by atoms with van der Waals surface area (Å²) in [5, 5.41) is 14.8. The molecule has 1 heterocycles. The van der Waals surface area contributed by atoms with E-state index in [9.17, 15) is 0 Å². The number of ether oxygens (including phenoxy) is 2. The summed E-state index contributed by atoms with van der Waals surface area (Å²) in [5.41, 5.74) is 4.09. The third-order valence-electron chi connectivity index (χ3n) is 4.27. The molecular weight excluding hydrogens is 350 g/mol. The molecule has 1 aliphatic heterocycles. The van der Waals surface area contributed by atoms with Gasteiger partial charge < -0.3 is 19.7 Å². The maximum absolute atomic E-state index is 9.10. The van der Waals surface area contributed by atoms with Gasteiger partial charge in [0.05, 0.1) is 14.2 Å². The third-order valence-corrected chi connectivity index (χ3v) is 4.27. The Balaban J connectivity index is 0.000000380. The Labute approximate surface area is 157 Å². The molecule has 0 saturated heterocycles. The molecule has 0 aromatic heterocycles. The number of carboxylic acid groups (broad SMARTS) is 2. The van der Waals surface area contributed by atoms with E-state index in [0.717, 1.165) is 37.6 Å². The number of rotatable bonds is 4. The molecule has 1 aliphatic rings. The lowest BCUT2D eigenvalue weighted by Crippen LogP contribution is -2.30. The number of nitrogens with zero attached hydrogens (tertiary/aromatic N) is 1. The molecule has 3 rings (SSSR count). The van der Waals surface area contributed by atoms with Gasteiger partial charge in [0.25, 0.3) is 0 Å². The SMILES string of the molecule is COc1ccc(OC)c(CN2CCc3ccccc3C2)c1.O=C(O)C(=O)O. The van der Waals surface area contributed by atoms with Crippen molar-refractivity contribution in [3.05, 3.63) is 59.2 Å². The smallest absolute Gasteiger partial charge is 0.414 e. The second-order valence-corrected chi connectivity index (χ2v) is 6.02. The van der Waals surface area contributed by atoms with Gasteiger partial charge in [-0.25, -0.2) is 9.59 Å². The van der Waals surface area contributed by atoms with E-state index in [0.29, 0.717) is 0 Å². The molecule has 27 heavy (non-hydrogen) atoms. The van der Waals surface area contributed by atoms with Crippen LogP contribution in [-0.4, -0.2) is 47.8 Å². The molecule has 0 aliphatic carbocycles. The van der Waals surface area contributed by atoms with Crippen LogP contribution in [-0.2, 0) is 29.1 Å². The number of carboxylic acids is 2. The topological polar surface area (TPSA) is 96.3 Å². The highest BCUT2D eigenvalue weighted by Gasteiger charge is 2.17. The summed E-state index contributed by atoms with van der Waals surface area (Å²) >= 11 is 0. The highest BCUT2D eigenvalue weighted by atomic mass is 16.5. The first-order valence-electron chi connectivity index (χ1n) is 8.40. The zero-order valence-electron chi connectivity index (χ0n) is 15.3. The molecule has 0 radical (unpaired) electrons. The lowest BCUT2D eigenvalue weighted by molar-refractivity contribution is -0.159. The second kappa shape index (κ2) is 9.59. The summed E-state index contributed by atoms with van der Waals surface area (Å²) in [4.78, 5) is 20.7. The van der Waals surface area contributed by atoms with Crippen molar-refractivity contribution in [1.82, 2.24) is 4.90 Å². The van der Waals surface area contributed by atoms with Gasteiger partial charge in [-0.15, -0.1) is 0 Å². The van der Waals surface area contributed by atoms with Gasteiger partial charge >= 0.3 is 11.9 Å². The number of methoxy groups -OCH3 is 2. The van der Waals surface area contributed by atoms with Crippen LogP contribution in [0.1, 0.15) is 16.7 Å². The molecule has 0 amide bonds. The van der Waals surface area contributed by atoms with Gasteiger partial charge in [0.1, 0.15) is 11.5 Å². The van der Waals surface area contributed by atoms with E-state index >= 15 is 0 Å². The van der Waals surface area contributed by atoms with Crippen LogP contribution in [0.5, 0.6) is 11.5 Å². The fourth-order valence-corrected chi connectivity index (χ4v) is 2.94. The molecule has 0 unspecified atom stereocenters. The number of carbonyl (C=O) groups is 2. The van der Waals surface area contributed by atoms with Crippen LogP contribution >= 0.6 is 0 Å². The molecule has 0 fully saturated rings. The van der Waals surface area contributed by atoms with E-state index in [1.807, 2.05) is 12.1 Å². The fraction of sp³-hybridized carbons (Fsp3) is 0.300. The number of hydrogen-bond acceptors (Lipinski definition) is 5. The van der Waals surface area contributed by atoms with Crippen LogP contribution in [0.3, 0.4) is 0 Å². The van der Waals surface area contributed by atoms with Gasteiger partial charge in [-0.05, 0) is 35.7 Å². The van der Waals surface area contributed by atoms with E-state index in [1.165, 1.54) is 16.7 Å². The predicted octanol–water partition coefficient (Wildman–Crippen LogP) is 2.42. The standard InChI is InChI=1S/C18H21NO2.C2H2O4/c1-20-17-7-8-18(21-2)16(11-17)13-19-10-9-14-5-3-4-6-15(14)12-19;3-1(4)2(5)6/h3-8,11H,9-10,12-13H2,1-2H3;(H,3,4)(H,5,6). The van der Waals surface area contributed by atoms with Gasteiger partial charge in [0.15, 0.2) is 0 Å². The van der Waals surface area contributed by atoms with Crippen molar-refractivity contribution < 1.29 is 29.3 Å². The number of aliphatic carboxylic acids is 2. The Bertz CT molecular complexity index is 793. The Morgan fingerprint density at radius 2 is 1.67 bits per heavy atom. The molecule has 144 valence electrons. The Morgan fingerprint density at radius 1 is 1.00 bits per heavy atom. The monoisotopic (exact) mass is 373 g/mol. The number of hydrogen-bond donors (Lipinski definition) is 2. The molecule has 7 nitrogen and oxygen atoms in total. The van der Waals surface area contributed by atoms with Crippen molar-refractivity contribution in [3.8, 4) is 11.5 Å².